The number of carbonyl (C=O) groups excluding carboxylic acids is 2. The van der Waals surface area contributed by atoms with Crippen LogP contribution in [0.1, 0.15) is 13.3 Å². The smallest absolute Gasteiger partial charge is 0.326 e. The Labute approximate surface area is 164 Å². The summed E-state index contributed by atoms with van der Waals surface area (Å²) in [5.74, 6) is -2.38. The number of alkyl halides is 3. The lowest BCUT2D eigenvalue weighted by atomic mass is 10.3. The number of rotatable bonds is 7. The van der Waals surface area contributed by atoms with E-state index in [0.717, 1.165) is 0 Å². The third-order valence-electron chi connectivity index (χ3n) is 3.48. The molecule has 0 unspecified atom stereocenters. The molecule has 0 saturated carbocycles. The molecule has 2 aromatic rings. The van der Waals surface area contributed by atoms with Gasteiger partial charge >= 0.3 is 12.1 Å². The van der Waals surface area contributed by atoms with E-state index in [9.17, 15) is 31.2 Å². The Balaban J connectivity index is 2.01. The number of sulfonamides is 1. The Hall–Kier alpha value is -3.28. The summed E-state index contributed by atoms with van der Waals surface area (Å²) in [4.78, 5) is 22.0. The summed E-state index contributed by atoms with van der Waals surface area (Å²) in [6, 6.07) is 10.7. The fourth-order valence-corrected chi connectivity index (χ4v) is 3.06. The van der Waals surface area contributed by atoms with Gasteiger partial charge < -0.3 is 5.32 Å². The van der Waals surface area contributed by atoms with Crippen LogP contribution in [-0.2, 0) is 19.6 Å². The second kappa shape index (κ2) is 8.82. The number of carbonyl (C=O) groups is 2. The number of hydrazine groups is 1. The summed E-state index contributed by atoms with van der Waals surface area (Å²) in [5.41, 5.74) is 4.26. The highest BCUT2D eigenvalue weighted by molar-refractivity contribution is 7.92. The molecule has 4 N–H and O–H groups in total. The standard InChI is InChI=1S/C17H17F3N4O4S/c1-2-15(25)21-11-7-9-14(10-8-11)29(27,28)24-13-5-3-12(4-6-13)22-23-16(26)17(18,19)20/h3-10,22,24H,2H2,1H3,(H,21,25)(H,23,26). The summed E-state index contributed by atoms with van der Waals surface area (Å²) in [6.07, 6.45) is -4.75. The molecule has 0 heterocycles. The van der Waals surface area contributed by atoms with Crippen LogP contribution in [0.3, 0.4) is 0 Å². The minimum Gasteiger partial charge on any atom is -0.326 e. The van der Waals surface area contributed by atoms with E-state index >= 15 is 0 Å². The van der Waals surface area contributed by atoms with Crippen LogP contribution in [0.2, 0.25) is 0 Å². The van der Waals surface area contributed by atoms with Crippen molar-refractivity contribution in [2.45, 2.75) is 24.4 Å². The number of hydrogen-bond acceptors (Lipinski definition) is 5. The van der Waals surface area contributed by atoms with E-state index in [1.807, 2.05) is 0 Å². The molecule has 0 aliphatic carbocycles. The Morgan fingerprint density at radius 1 is 0.897 bits per heavy atom. The topological polar surface area (TPSA) is 116 Å². The third-order valence-corrected chi connectivity index (χ3v) is 4.88. The number of halogens is 3. The van der Waals surface area contributed by atoms with Crippen molar-refractivity contribution in [2.24, 2.45) is 0 Å². The molecule has 0 aliphatic heterocycles. The number of benzene rings is 2. The van der Waals surface area contributed by atoms with E-state index in [2.05, 4.69) is 15.5 Å². The van der Waals surface area contributed by atoms with Crippen LogP contribution in [0.5, 0.6) is 0 Å². The molecule has 0 aliphatic rings. The van der Waals surface area contributed by atoms with Crippen molar-refractivity contribution in [3.63, 3.8) is 0 Å². The Kier molecular flexibility index (Phi) is 6.69. The van der Waals surface area contributed by atoms with Crippen molar-refractivity contribution in [3.05, 3.63) is 48.5 Å². The molecule has 0 aromatic heterocycles. The van der Waals surface area contributed by atoms with Crippen molar-refractivity contribution < 1.29 is 31.2 Å². The fraction of sp³-hybridized carbons (Fsp3) is 0.176. The molecule has 0 spiro atoms. The molecule has 0 atom stereocenters. The minimum absolute atomic E-state index is 0.0494. The highest BCUT2D eigenvalue weighted by Crippen LogP contribution is 2.20. The lowest BCUT2D eigenvalue weighted by molar-refractivity contribution is -0.173. The third kappa shape index (κ3) is 6.38. The zero-order valence-corrected chi connectivity index (χ0v) is 15.8. The van der Waals surface area contributed by atoms with Gasteiger partial charge in [0.25, 0.3) is 10.0 Å². The van der Waals surface area contributed by atoms with E-state index in [1.165, 1.54) is 54.0 Å². The number of hydrogen-bond donors (Lipinski definition) is 4. The van der Waals surface area contributed by atoms with E-state index in [1.54, 1.807) is 6.92 Å². The van der Waals surface area contributed by atoms with Gasteiger partial charge in [0.05, 0.1) is 10.6 Å². The SMILES string of the molecule is CCC(=O)Nc1ccc(S(=O)(=O)Nc2ccc(NNC(=O)C(F)(F)F)cc2)cc1. The van der Waals surface area contributed by atoms with Crippen LogP contribution < -0.4 is 20.9 Å². The maximum atomic E-state index is 12.4. The maximum Gasteiger partial charge on any atom is 0.472 e. The van der Waals surface area contributed by atoms with Crippen LogP contribution >= 0.6 is 0 Å². The first-order valence-corrected chi connectivity index (χ1v) is 9.65. The average Bonchev–Trinajstić information content (AvgIpc) is 2.66. The summed E-state index contributed by atoms with van der Waals surface area (Å²) in [5, 5.41) is 2.59. The lowest BCUT2D eigenvalue weighted by Crippen LogP contribution is -2.40. The zero-order chi connectivity index (χ0) is 21.7. The van der Waals surface area contributed by atoms with E-state index in [-0.39, 0.29) is 28.6 Å². The highest BCUT2D eigenvalue weighted by atomic mass is 32.2. The Morgan fingerprint density at radius 2 is 1.41 bits per heavy atom. The molecule has 0 saturated heterocycles. The molecule has 0 bridgehead atoms. The van der Waals surface area contributed by atoms with Gasteiger partial charge in [0.15, 0.2) is 0 Å². The van der Waals surface area contributed by atoms with Crippen molar-refractivity contribution in [2.75, 3.05) is 15.5 Å². The summed E-state index contributed by atoms with van der Waals surface area (Å²) in [6.45, 7) is 1.68. The molecule has 29 heavy (non-hydrogen) atoms. The highest BCUT2D eigenvalue weighted by Gasteiger charge is 2.38. The molecule has 0 radical (unpaired) electrons. The fourth-order valence-electron chi connectivity index (χ4n) is 2.00. The molecule has 156 valence electrons. The largest absolute Gasteiger partial charge is 0.472 e. The summed E-state index contributed by atoms with van der Waals surface area (Å²) in [7, 11) is -3.92. The predicted molar refractivity (Wildman–Crippen MR) is 100 cm³/mol. The van der Waals surface area contributed by atoms with Crippen molar-refractivity contribution >= 4 is 38.9 Å². The quantitative estimate of drug-likeness (QED) is 0.504. The summed E-state index contributed by atoms with van der Waals surface area (Å²) < 4.78 is 63.5. The predicted octanol–water partition coefficient (Wildman–Crippen LogP) is 2.84. The number of anilines is 3. The van der Waals surface area contributed by atoms with Gasteiger partial charge in [-0.2, -0.15) is 13.2 Å². The lowest BCUT2D eigenvalue weighted by Gasteiger charge is -2.12. The van der Waals surface area contributed by atoms with Gasteiger partial charge in [0, 0.05) is 17.8 Å². The molecule has 12 heteroatoms. The van der Waals surface area contributed by atoms with Gasteiger partial charge in [0.2, 0.25) is 5.91 Å². The van der Waals surface area contributed by atoms with Crippen LogP contribution in [0, 0.1) is 0 Å². The van der Waals surface area contributed by atoms with Gasteiger partial charge in [-0.25, -0.2) is 8.42 Å². The molecule has 8 nitrogen and oxygen atoms in total. The second-order valence-electron chi connectivity index (χ2n) is 5.69. The molecule has 0 fully saturated rings. The first kappa shape index (κ1) is 22.0. The van der Waals surface area contributed by atoms with Crippen LogP contribution in [0.25, 0.3) is 0 Å². The minimum atomic E-state index is -5.03. The Bertz CT molecular complexity index is 975. The van der Waals surface area contributed by atoms with Crippen molar-refractivity contribution in [3.8, 4) is 0 Å². The number of nitrogens with one attached hydrogen (secondary N) is 4. The maximum absolute atomic E-state index is 12.4. The van der Waals surface area contributed by atoms with Crippen molar-refractivity contribution in [1.29, 1.82) is 0 Å². The molecular weight excluding hydrogens is 413 g/mol. The van der Waals surface area contributed by atoms with Crippen molar-refractivity contribution in [1.82, 2.24) is 5.43 Å². The molecular formula is C17H17F3N4O4S. The van der Waals surface area contributed by atoms with E-state index in [0.29, 0.717) is 5.69 Å². The first-order chi connectivity index (χ1) is 13.5. The number of amides is 2. The van der Waals surface area contributed by atoms with Gasteiger partial charge in [0.1, 0.15) is 0 Å². The monoisotopic (exact) mass is 430 g/mol. The van der Waals surface area contributed by atoms with Gasteiger partial charge in [-0.1, -0.05) is 6.92 Å². The Morgan fingerprint density at radius 3 is 1.93 bits per heavy atom. The second-order valence-corrected chi connectivity index (χ2v) is 7.37. The van der Waals surface area contributed by atoms with Gasteiger partial charge in [-0.05, 0) is 48.5 Å². The van der Waals surface area contributed by atoms with E-state index < -0.39 is 22.1 Å². The zero-order valence-electron chi connectivity index (χ0n) is 15.0. The average molecular weight is 430 g/mol. The first-order valence-electron chi connectivity index (χ1n) is 8.17. The normalized spacial score (nSPS) is 11.4. The summed E-state index contributed by atoms with van der Waals surface area (Å²) >= 11 is 0. The molecule has 2 rings (SSSR count). The van der Waals surface area contributed by atoms with Gasteiger partial charge in [-0.3, -0.25) is 25.2 Å². The van der Waals surface area contributed by atoms with Crippen LogP contribution in [0.15, 0.2) is 53.4 Å². The van der Waals surface area contributed by atoms with Gasteiger partial charge in [-0.15, -0.1) is 0 Å². The molecule has 2 aromatic carbocycles. The van der Waals surface area contributed by atoms with E-state index in [4.69, 9.17) is 0 Å². The molecule has 2 amide bonds. The van der Waals surface area contributed by atoms with Crippen LogP contribution in [0.4, 0.5) is 30.2 Å². The van der Waals surface area contributed by atoms with Crippen LogP contribution in [-0.4, -0.2) is 26.4 Å².